The number of nitrogens with one attached hydrogen (secondary N) is 1. The van der Waals surface area contributed by atoms with Crippen LogP contribution in [0.5, 0.6) is 0 Å². The van der Waals surface area contributed by atoms with E-state index in [0.717, 1.165) is 24.5 Å². The Hall–Kier alpha value is -1.82. The third-order valence-electron chi connectivity index (χ3n) is 3.12. The summed E-state index contributed by atoms with van der Waals surface area (Å²) < 4.78 is 8.78. The zero-order valence-electron chi connectivity index (χ0n) is 12.6. The minimum absolute atomic E-state index is 0.428. The number of ether oxygens (including phenoxy) is 1. The zero-order chi connectivity index (χ0) is 14.5. The Labute approximate surface area is 119 Å². The van der Waals surface area contributed by atoms with Crippen LogP contribution in [0.4, 0.5) is 5.69 Å². The molecule has 0 aliphatic heterocycles. The lowest BCUT2D eigenvalue weighted by Crippen LogP contribution is -2.04. The van der Waals surface area contributed by atoms with E-state index in [0.29, 0.717) is 12.5 Å². The van der Waals surface area contributed by atoms with Crippen molar-refractivity contribution in [1.29, 1.82) is 0 Å². The summed E-state index contributed by atoms with van der Waals surface area (Å²) in [4.78, 5) is 0. The first-order valence-corrected chi connectivity index (χ1v) is 6.88. The summed E-state index contributed by atoms with van der Waals surface area (Å²) in [5.74, 6) is 0.428. The minimum atomic E-state index is 0.428. The summed E-state index contributed by atoms with van der Waals surface area (Å²) in [6.45, 7) is 6.52. The number of anilines is 1. The van der Waals surface area contributed by atoms with Crippen LogP contribution in [0.2, 0.25) is 0 Å². The molecule has 0 radical (unpaired) electrons. The third kappa shape index (κ3) is 3.60. The van der Waals surface area contributed by atoms with Gasteiger partial charge >= 0.3 is 0 Å². The van der Waals surface area contributed by atoms with Gasteiger partial charge in [-0.2, -0.15) is 10.2 Å². The lowest BCUT2D eigenvalue weighted by atomic mass is 10.1. The molecule has 6 heteroatoms. The summed E-state index contributed by atoms with van der Waals surface area (Å²) in [5.41, 5.74) is 3.39. The van der Waals surface area contributed by atoms with Crippen molar-refractivity contribution in [2.45, 2.75) is 32.9 Å². The van der Waals surface area contributed by atoms with Crippen LogP contribution >= 0.6 is 0 Å². The molecular weight excluding hydrogens is 254 g/mol. The topological polar surface area (TPSA) is 56.9 Å². The van der Waals surface area contributed by atoms with Gasteiger partial charge in [-0.25, -0.2) is 0 Å². The molecule has 2 heterocycles. The predicted octanol–water partition coefficient (Wildman–Crippen LogP) is 2.00. The number of rotatable bonds is 7. The Kier molecular flexibility index (Phi) is 4.79. The van der Waals surface area contributed by atoms with Crippen LogP contribution in [0, 0.1) is 0 Å². The average molecular weight is 277 g/mol. The summed E-state index contributed by atoms with van der Waals surface area (Å²) >= 11 is 0. The van der Waals surface area contributed by atoms with Gasteiger partial charge in [-0.15, -0.1) is 0 Å². The van der Waals surface area contributed by atoms with Crippen molar-refractivity contribution in [2.75, 3.05) is 19.0 Å². The highest BCUT2D eigenvalue weighted by molar-refractivity contribution is 5.39. The molecule has 2 aromatic rings. The predicted molar refractivity (Wildman–Crippen MR) is 78.7 cm³/mol. The third-order valence-corrected chi connectivity index (χ3v) is 3.12. The standard InChI is InChI=1S/C14H23N5O/c1-11(2)14-12(9-18(3)17-14)7-15-13-8-16-19(10-13)5-6-20-4/h8-11,15H,5-7H2,1-4H3. The maximum absolute atomic E-state index is 5.04. The van der Waals surface area contributed by atoms with Crippen LogP contribution < -0.4 is 5.32 Å². The number of aryl methyl sites for hydroxylation is 1. The molecule has 2 aromatic heterocycles. The molecule has 0 aliphatic rings. The number of nitrogens with zero attached hydrogens (tertiary/aromatic N) is 4. The van der Waals surface area contributed by atoms with E-state index in [1.165, 1.54) is 5.56 Å². The van der Waals surface area contributed by atoms with Gasteiger partial charge in [-0.3, -0.25) is 9.36 Å². The fourth-order valence-corrected chi connectivity index (χ4v) is 2.14. The summed E-state index contributed by atoms with van der Waals surface area (Å²) in [5, 5.41) is 12.2. The molecule has 0 saturated heterocycles. The first kappa shape index (κ1) is 14.6. The van der Waals surface area contributed by atoms with Gasteiger partial charge in [-0.1, -0.05) is 13.8 Å². The fourth-order valence-electron chi connectivity index (χ4n) is 2.14. The van der Waals surface area contributed by atoms with E-state index in [4.69, 9.17) is 4.74 Å². The van der Waals surface area contributed by atoms with Crippen LogP contribution in [0.3, 0.4) is 0 Å². The number of hydrogen-bond donors (Lipinski definition) is 1. The molecule has 0 aromatic carbocycles. The van der Waals surface area contributed by atoms with E-state index >= 15 is 0 Å². The quantitative estimate of drug-likeness (QED) is 0.841. The average Bonchev–Trinajstić information content (AvgIpc) is 3.00. The van der Waals surface area contributed by atoms with Crippen LogP contribution in [-0.2, 0) is 24.9 Å². The minimum Gasteiger partial charge on any atom is -0.383 e. The van der Waals surface area contributed by atoms with Gasteiger partial charge in [0.2, 0.25) is 0 Å². The molecule has 0 aliphatic carbocycles. The van der Waals surface area contributed by atoms with Crippen molar-refractivity contribution in [3.8, 4) is 0 Å². The lowest BCUT2D eigenvalue weighted by molar-refractivity contribution is 0.183. The Morgan fingerprint density at radius 3 is 2.85 bits per heavy atom. The number of methoxy groups -OCH3 is 1. The molecule has 0 fully saturated rings. The lowest BCUT2D eigenvalue weighted by Gasteiger charge is -2.06. The van der Waals surface area contributed by atoms with Crippen molar-refractivity contribution in [2.24, 2.45) is 7.05 Å². The summed E-state index contributed by atoms with van der Waals surface area (Å²) in [6, 6.07) is 0. The number of aromatic nitrogens is 4. The van der Waals surface area contributed by atoms with Crippen LogP contribution in [0.25, 0.3) is 0 Å². The van der Waals surface area contributed by atoms with Crippen molar-refractivity contribution in [3.05, 3.63) is 29.8 Å². The Bertz CT molecular complexity index is 544. The molecule has 110 valence electrons. The molecule has 0 spiro atoms. The second-order valence-corrected chi connectivity index (χ2v) is 5.21. The van der Waals surface area contributed by atoms with E-state index in [-0.39, 0.29) is 0 Å². The van der Waals surface area contributed by atoms with Gasteiger partial charge in [0.25, 0.3) is 0 Å². The van der Waals surface area contributed by atoms with Gasteiger partial charge in [-0.05, 0) is 5.92 Å². The molecule has 20 heavy (non-hydrogen) atoms. The molecule has 2 rings (SSSR count). The van der Waals surface area contributed by atoms with Gasteiger partial charge < -0.3 is 10.1 Å². The van der Waals surface area contributed by atoms with Crippen molar-refractivity contribution >= 4 is 5.69 Å². The number of hydrogen-bond acceptors (Lipinski definition) is 4. The van der Waals surface area contributed by atoms with Gasteiger partial charge in [0.15, 0.2) is 0 Å². The van der Waals surface area contributed by atoms with E-state index in [1.807, 2.05) is 28.8 Å². The molecule has 0 amide bonds. The van der Waals surface area contributed by atoms with Gasteiger partial charge in [0.05, 0.1) is 30.7 Å². The van der Waals surface area contributed by atoms with Crippen LogP contribution in [-0.4, -0.2) is 33.3 Å². The second-order valence-electron chi connectivity index (χ2n) is 5.21. The highest BCUT2D eigenvalue weighted by Crippen LogP contribution is 2.18. The van der Waals surface area contributed by atoms with E-state index < -0.39 is 0 Å². The summed E-state index contributed by atoms with van der Waals surface area (Å²) in [7, 11) is 3.65. The van der Waals surface area contributed by atoms with Crippen molar-refractivity contribution in [3.63, 3.8) is 0 Å². The second kappa shape index (κ2) is 6.56. The molecule has 1 N–H and O–H groups in total. The van der Waals surface area contributed by atoms with Gasteiger partial charge in [0.1, 0.15) is 0 Å². The monoisotopic (exact) mass is 277 g/mol. The highest BCUT2D eigenvalue weighted by Gasteiger charge is 2.11. The Morgan fingerprint density at radius 2 is 2.15 bits per heavy atom. The fraction of sp³-hybridized carbons (Fsp3) is 0.571. The first-order chi connectivity index (χ1) is 9.60. The van der Waals surface area contributed by atoms with E-state index in [1.54, 1.807) is 7.11 Å². The van der Waals surface area contributed by atoms with Gasteiger partial charge in [0, 0.05) is 38.7 Å². The van der Waals surface area contributed by atoms with Crippen molar-refractivity contribution in [1.82, 2.24) is 19.6 Å². The van der Waals surface area contributed by atoms with E-state index in [2.05, 4.69) is 35.6 Å². The molecule has 0 saturated carbocycles. The molecular formula is C14H23N5O. The first-order valence-electron chi connectivity index (χ1n) is 6.88. The van der Waals surface area contributed by atoms with Crippen LogP contribution in [0.1, 0.15) is 31.0 Å². The SMILES string of the molecule is COCCn1cc(NCc2cn(C)nc2C(C)C)cn1. The smallest absolute Gasteiger partial charge is 0.0729 e. The maximum Gasteiger partial charge on any atom is 0.0729 e. The Balaban J connectivity index is 1.96. The molecule has 0 bridgehead atoms. The van der Waals surface area contributed by atoms with Crippen LogP contribution in [0.15, 0.2) is 18.6 Å². The molecule has 0 atom stereocenters. The summed E-state index contributed by atoms with van der Waals surface area (Å²) in [6.07, 6.45) is 5.89. The highest BCUT2D eigenvalue weighted by atomic mass is 16.5. The Morgan fingerprint density at radius 1 is 1.35 bits per heavy atom. The largest absolute Gasteiger partial charge is 0.383 e. The molecule has 0 unspecified atom stereocenters. The maximum atomic E-state index is 5.04. The normalized spacial score (nSPS) is 11.2. The zero-order valence-corrected chi connectivity index (χ0v) is 12.6. The van der Waals surface area contributed by atoms with Crippen molar-refractivity contribution < 1.29 is 4.74 Å². The molecule has 6 nitrogen and oxygen atoms in total. The van der Waals surface area contributed by atoms with E-state index in [9.17, 15) is 0 Å².